The Kier molecular flexibility index (Phi) is 3.78. The summed E-state index contributed by atoms with van der Waals surface area (Å²) in [6.45, 7) is 5.03. The fourth-order valence-corrected chi connectivity index (χ4v) is 2.63. The van der Waals surface area contributed by atoms with Gasteiger partial charge in [-0.05, 0) is 26.7 Å². The first-order valence-corrected chi connectivity index (χ1v) is 7.35. The van der Waals surface area contributed by atoms with Crippen LogP contribution in [0, 0.1) is 5.82 Å². The molecule has 0 bridgehead atoms. The zero-order chi connectivity index (χ0) is 15.7. The normalized spacial score (nSPS) is 22.3. The summed E-state index contributed by atoms with van der Waals surface area (Å²) in [5, 5.41) is 19.1. The van der Waals surface area contributed by atoms with Gasteiger partial charge in [-0.1, -0.05) is 5.21 Å². The maximum atomic E-state index is 12.9. The van der Waals surface area contributed by atoms with Gasteiger partial charge in [-0.2, -0.15) is 0 Å². The van der Waals surface area contributed by atoms with E-state index < -0.39 is 11.4 Å². The summed E-state index contributed by atoms with van der Waals surface area (Å²) in [4.78, 5) is 9.81. The van der Waals surface area contributed by atoms with Crippen LogP contribution >= 0.6 is 0 Å². The van der Waals surface area contributed by atoms with Gasteiger partial charge in [0.05, 0.1) is 25.1 Å². The summed E-state index contributed by atoms with van der Waals surface area (Å²) in [7, 11) is 0. The van der Waals surface area contributed by atoms with Crippen molar-refractivity contribution in [1.29, 1.82) is 0 Å². The van der Waals surface area contributed by atoms with E-state index in [9.17, 15) is 9.50 Å². The number of β-amino-alcohol motifs (C(OH)–C–C–N with tert-alkyl or cyclic N) is 1. The number of aromatic nitrogens is 5. The van der Waals surface area contributed by atoms with E-state index in [1.54, 1.807) is 10.9 Å². The second-order valence-electron chi connectivity index (χ2n) is 5.94. The molecular formula is C14H19FN6O. The molecule has 8 heteroatoms. The number of hydrogen-bond acceptors (Lipinski definition) is 6. The zero-order valence-electron chi connectivity index (χ0n) is 12.6. The smallest absolute Gasteiger partial charge is 0.225 e. The minimum Gasteiger partial charge on any atom is -0.382 e. The highest BCUT2D eigenvalue weighted by Crippen LogP contribution is 2.31. The molecule has 1 aliphatic heterocycles. The second kappa shape index (κ2) is 5.60. The van der Waals surface area contributed by atoms with Crippen LogP contribution in [0.4, 0.5) is 10.3 Å². The van der Waals surface area contributed by atoms with Crippen molar-refractivity contribution < 1.29 is 9.50 Å². The molecule has 1 atom stereocenters. The third-order valence-electron chi connectivity index (χ3n) is 3.88. The average molecular weight is 306 g/mol. The first-order valence-electron chi connectivity index (χ1n) is 7.35. The quantitative estimate of drug-likeness (QED) is 0.920. The third kappa shape index (κ3) is 2.78. The Labute approximate surface area is 127 Å². The molecule has 0 unspecified atom stereocenters. The summed E-state index contributed by atoms with van der Waals surface area (Å²) in [5.41, 5.74) is -0.545. The van der Waals surface area contributed by atoms with E-state index in [-0.39, 0.29) is 6.04 Å². The van der Waals surface area contributed by atoms with Crippen LogP contribution < -0.4 is 4.90 Å². The second-order valence-corrected chi connectivity index (χ2v) is 5.94. The highest BCUT2D eigenvalue weighted by molar-refractivity contribution is 5.32. The lowest BCUT2D eigenvalue weighted by Gasteiger charge is -2.37. The van der Waals surface area contributed by atoms with Crippen LogP contribution in [0.15, 0.2) is 18.6 Å². The van der Waals surface area contributed by atoms with Gasteiger partial charge in [-0.15, -0.1) is 5.10 Å². The minimum atomic E-state index is -1.09. The first kappa shape index (κ1) is 14.8. The minimum absolute atomic E-state index is 0.185. The highest BCUT2D eigenvalue weighted by atomic mass is 19.1. The molecular weight excluding hydrogens is 287 g/mol. The summed E-state index contributed by atoms with van der Waals surface area (Å²) in [6, 6.07) is 0.185. The zero-order valence-corrected chi connectivity index (χ0v) is 12.6. The van der Waals surface area contributed by atoms with Crippen molar-refractivity contribution in [3.63, 3.8) is 0 Å². The van der Waals surface area contributed by atoms with Crippen molar-refractivity contribution in [2.75, 3.05) is 18.0 Å². The SMILES string of the molecule is CC(C)n1cc([C@]2(O)CCCN(c3ncc(F)cn3)C2)nn1. The van der Waals surface area contributed by atoms with E-state index in [2.05, 4.69) is 20.3 Å². The Morgan fingerprint density at radius 2 is 2.05 bits per heavy atom. The van der Waals surface area contributed by atoms with Crippen LogP contribution in [0.1, 0.15) is 38.4 Å². The van der Waals surface area contributed by atoms with E-state index in [1.807, 2.05) is 18.7 Å². The van der Waals surface area contributed by atoms with Gasteiger partial charge in [0, 0.05) is 12.6 Å². The summed E-state index contributed by atoms with van der Waals surface area (Å²) >= 11 is 0. The van der Waals surface area contributed by atoms with Crippen LogP contribution in [-0.4, -0.2) is 43.2 Å². The number of piperidine rings is 1. The molecule has 3 rings (SSSR count). The van der Waals surface area contributed by atoms with E-state index in [0.717, 1.165) is 18.8 Å². The monoisotopic (exact) mass is 306 g/mol. The molecule has 7 nitrogen and oxygen atoms in total. The highest BCUT2D eigenvalue weighted by Gasteiger charge is 2.38. The topological polar surface area (TPSA) is 80.0 Å². The molecule has 2 aromatic heterocycles. The molecule has 0 saturated carbocycles. The Bertz CT molecular complexity index is 643. The van der Waals surface area contributed by atoms with Crippen molar-refractivity contribution in [2.24, 2.45) is 0 Å². The van der Waals surface area contributed by atoms with Crippen LogP contribution in [-0.2, 0) is 5.60 Å². The lowest BCUT2D eigenvalue weighted by atomic mass is 9.90. The Morgan fingerprint density at radius 1 is 1.32 bits per heavy atom. The summed E-state index contributed by atoms with van der Waals surface area (Å²) in [5.74, 6) is -0.0633. The number of anilines is 1. The Hall–Kier alpha value is -2.09. The lowest BCUT2D eigenvalue weighted by Crippen LogP contribution is -2.47. The molecule has 1 aliphatic rings. The Balaban J connectivity index is 1.82. The molecule has 0 aromatic carbocycles. The molecule has 1 saturated heterocycles. The van der Waals surface area contributed by atoms with Gasteiger partial charge in [0.1, 0.15) is 11.3 Å². The van der Waals surface area contributed by atoms with Gasteiger partial charge in [0.15, 0.2) is 5.82 Å². The van der Waals surface area contributed by atoms with Gasteiger partial charge in [-0.3, -0.25) is 0 Å². The van der Waals surface area contributed by atoms with Crippen molar-refractivity contribution >= 4 is 5.95 Å². The molecule has 3 heterocycles. The maximum absolute atomic E-state index is 12.9. The molecule has 0 amide bonds. The van der Waals surface area contributed by atoms with Crippen LogP contribution in [0.2, 0.25) is 0 Å². The van der Waals surface area contributed by atoms with Crippen molar-refractivity contribution in [2.45, 2.75) is 38.3 Å². The maximum Gasteiger partial charge on any atom is 0.225 e. The number of aliphatic hydroxyl groups is 1. The third-order valence-corrected chi connectivity index (χ3v) is 3.88. The fraction of sp³-hybridized carbons (Fsp3) is 0.571. The summed E-state index contributed by atoms with van der Waals surface area (Å²) in [6.07, 6.45) is 5.41. The van der Waals surface area contributed by atoms with Crippen molar-refractivity contribution in [3.05, 3.63) is 30.1 Å². The largest absolute Gasteiger partial charge is 0.382 e. The summed E-state index contributed by atoms with van der Waals surface area (Å²) < 4.78 is 14.7. The number of halogens is 1. The van der Waals surface area contributed by atoms with Crippen LogP contribution in [0.5, 0.6) is 0 Å². The average Bonchev–Trinajstić information content (AvgIpc) is 2.99. The molecule has 22 heavy (non-hydrogen) atoms. The van der Waals surface area contributed by atoms with Gasteiger partial charge in [0.25, 0.3) is 0 Å². The number of rotatable bonds is 3. The molecule has 0 radical (unpaired) electrons. The van der Waals surface area contributed by atoms with Gasteiger partial charge in [0.2, 0.25) is 5.95 Å². The van der Waals surface area contributed by atoms with E-state index in [1.165, 1.54) is 0 Å². The molecule has 118 valence electrons. The molecule has 0 aliphatic carbocycles. The van der Waals surface area contributed by atoms with E-state index in [4.69, 9.17) is 0 Å². The van der Waals surface area contributed by atoms with Gasteiger partial charge in [-0.25, -0.2) is 19.0 Å². The predicted octanol–water partition coefficient (Wildman–Crippen LogP) is 1.28. The molecule has 1 fully saturated rings. The molecule has 2 aromatic rings. The fourth-order valence-electron chi connectivity index (χ4n) is 2.63. The number of nitrogens with zero attached hydrogens (tertiary/aromatic N) is 6. The predicted molar refractivity (Wildman–Crippen MR) is 77.7 cm³/mol. The molecule has 0 spiro atoms. The van der Waals surface area contributed by atoms with Crippen LogP contribution in [0.25, 0.3) is 0 Å². The number of hydrogen-bond donors (Lipinski definition) is 1. The van der Waals surface area contributed by atoms with E-state index in [0.29, 0.717) is 31.2 Å². The van der Waals surface area contributed by atoms with Crippen LogP contribution in [0.3, 0.4) is 0 Å². The molecule has 1 N–H and O–H groups in total. The standard InChI is InChI=1S/C14H19FN6O/c1-10(2)21-8-12(18-19-21)14(22)4-3-5-20(9-14)13-16-6-11(15)7-17-13/h6-8,10,22H,3-5,9H2,1-2H3/t14-/m0/s1. The van der Waals surface area contributed by atoms with Gasteiger partial charge < -0.3 is 10.0 Å². The van der Waals surface area contributed by atoms with Crippen molar-refractivity contribution in [3.8, 4) is 0 Å². The first-order chi connectivity index (χ1) is 10.5. The van der Waals surface area contributed by atoms with E-state index >= 15 is 0 Å². The lowest BCUT2D eigenvalue weighted by molar-refractivity contribution is 0.0172. The Morgan fingerprint density at radius 3 is 2.68 bits per heavy atom. The van der Waals surface area contributed by atoms with Gasteiger partial charge >= 0.3 is 0 Å². The van der Waals surface area contributed by atoms with Crippen molar-refractivity contribution in [1.82, 2.24) is 25.0 Å².